The van der Waals surface area contributed by atoms with Gasteiger partial charge in [0.1, 0.15) is 11.4 Å². The Balaban J connectivity index is 1.63. The summed E-state index contributed by atoms with van der Waals surface area (Å²) in [6.07, 6.45) is 2.48. The summed E-state index contributed by atoms with van der Waals surface area (Å²) >= 11 is 0. The van der Waals surface area contributed by atoms with E-state index >= 15 is 4.39 Å². The van der Waals surface area contributed by atoms with Crippen LogP contribution >= 0.6 is 0 Å². The van der Waals surface area contributed by atoms with Crippen molar-refractivity contribution in [2.75, 3.05) is 33.4 Å². The molecule has 2 aliphatic rings. The van der Waals surface area contributed by atoms with Crippen molar-refractivity contribution < 1.29 is 18.7 Å². The number of carbonyl (C=O) groups is 1. The van der Waals surface area contributed by atoms with Crippen LogP contribution in [0, 0.1) is 5.92 Å². The molecule has 1 amide bonds. The quantitative estimate of drug-likeness (QED) is 0.859. The highest BCUT2D eigenvalue weighted by atomic mass is 19.1. The molecule has 0 aliphatic carbocycles. The molecule has 0 unspecified atom stereocenters. The van der Waals surface area contributed by atoms with E-state index in [0.29, 0.717) is 43.9 Å². The number of methoxy groups -OCH3 is 1. The number of amides is 1. The molecule has 3 rings (SSSR count). The first-order chi connectivity index (χ1) is 11.1. The van der Waals surface area contributed by atoms with E-state index < -0.39 is 5.67 Å². The molecule has 0 bridgehead atoms. The molecule has 0 radical (unpaired) electrons. The third kappa shape index (κ3) is 3.50. The molecule has 23 heavy (non-hydrogen) atoms. The van der Waals surface area contributed by atoms with E-state index in [4.69, 9.17) is 9.47 Å². The number of ether oxygens (including phenoxy) is 2. The fraction of sp³-hybridized carbons (Fsp3) is 0.611. The fourth-order valence-corrected chi connectivity index (χ4v) is 3.47. The lowest BCUT2D eigenvalue weighted by Gasteiger charge is -2.38. The SMILES string of the molecule is COc1cccc(C2(F)CCN(C(=O)[C@@H]3CCCOC3)CC2)c1. The second kappa shape index (κ2) is 6.87. The minimum Gasteiger partial charge on any atom is -0.497 e. The molecule has 126 valence electrons. The number of nitrogens with zero attached hydrogens (tertiary/aromatic N) is 1. The molecule has 0 aromatic heterocycles. The van der Waals surface area contributed by atoms with Crippen molar-refractivity contribution in [3.05, 3.63) is 29.8 Å². The lowest BCUT2D eigenvalue weighted by molar-refractivity contribution is -0.142. The van der Waals surface area contributed by atoms with Gasteiger partial charge in [-0.1, -0.05) is 12.1 Å². The zero-order valence-electron chi connectivity index (χ0n) is 13.6. The van der Waals surface area contributed by atoms with Gasteiger partial charge < -0.3 is 14.4 Å². The van der Waals surface area contributed by atoms with Crippen molar-refractivity contribution in [2.45, 2.75) is 31.4 Å². The number of benzene rings is 1. The lowest BCUT2D eigenvalue weighted by atomic mass is 9.85. The number of piperidine rings is 1. The highest BCUT2D eigenvalue weighted by Crippen LogP contribution is 2.38. The number of likely N-dealkylation sites (tertiary alicyclic amines) is 1. The predicted octanol–water partition coefficient (Wildman–Crippen LogP) is 2.91. The van der Waals surface area contributed by atoms with Crippen molar-refractivity contribution in [3.63, 3.8) is 0 Å². The normalized spacial score (nSPS) is 24.3. The van der Waals surface area contributed by atoms with Crippen LogP contribution in [0.1, 0.15) is 31.2 Å². The van der Waals surface area contributed by atoms with E-state index in [0.717, 1.165) is 19.4 Å². The van der Waals surface area contributed by atoms with Gasteiger partial charge in [-0.25, -0.2) is 4.39 Å². The third-order valence-corrected chi connectivity index (χ3v) is 4.96. The maximum Gasteiger partial charge on any atom is 0.228 e. The molecule has 0 saturated carbocycles. The van der Waals surface area contributed by atoms with Gasteiger partial charge in [0, 0.05) is 32.5 Å². The molecule has 1 atom stereocenters. The maximum absolute atomic E-state index is 15.3. The zero-order chi connectivity index (χ0) is 16.3. The van der Waals surface area contributed by atoms with Gasteiger partial charge in [0.25, 0.3) is 0 Å². The summed E-state index contributed by atoms with van der Waals surface area (Å²) in [5.41, 5.74) is -0.737. The molecular formula is C18H24FNO3. The Morgan fingerprint density at radius 2 is 2.17 bits per heavy atom. The summed E-state index contributed by atoms with van der Waals surface area (Å²) in [5, 5.41) is 0. The standard InChI is InChI=1S/C18H24FNO3/c1-22-16-6-2-5-15(12-16)18(19)7-9-20(10-8-18)17(21)14-4-3-11-23-13-14/h2,5-6,12,14H,3-4,7-11,13H2,1H3/t14-/m1/s1. The van der Waals surface area contributed by atoms with Crippen LogP contribution in [0.25, 0.3) is 0 Å². The van der Waals surface area contributed by atoms with Crippen LogP contribution in [0.15, 0.2) is 24.3 Å². The van der Waals surface area contributed by atoms with Gasteiger partial charge in [-0.3, -0.25) is 4.79 Å². The predicted molar refractivity (Wildman–Crippen MR) is 85.1 cm³/mol. The summed E-state index contributed by atoms with van der Waals surface area (Å²) < 4.78 is 25.9. The summed E-state index contributed by atoms with van der Waals surface area (Å²) in [6, 6.07) is 7.18. The number of alkyl halides is 1. The van der Waals surface area contributed by atoms with Crippen molar-refractivity contribution in [3.8, 4) is 5.75 Å². The molecule has 0 spiro atoms. The zero-order valence-corrected chi connectivity index (χ0v) is 13.6. The number of carbonyl (C=O) groups excluding carboxylic acids is 1. The minimum atomic E-state index is -1.38. The maximum atomic E-state index is 15.3. The van der Waals surface area contributed by atoms with E-state index in [1.165, 1.54) is 0 Å². The van der Waals surface area contributed by atoms with Crippen LogP contribution in [0.4, 0.5) is 4.39 Å². The molecule has 2 aliphatic heterocycles. The highest BCUT2D eigenvalue weighted by molar-refractivity contribution is 5.79. The first kappa shape index (κ1) is 16.2. The molecule has 0 N–H and O–H groups in total. The molecule has 1 aromatic rings. The van der Waals surface area contributed by atoms with Gasteiger partial charge in [0.15, 0.2) is 0 Å². The summed E-state index contributed by atoms with van der Waals surface area (Å²) in [6.45, 7) is 2.17. The molecule has 2 saturated heterocycles. The van der Waals surface area contributed by atoms with Crippen molar-refractivity contribution >= 4 is 5.91 Å². The van der Waals surface area contributed by atoms with E-state index in [2.05, 4.69) is 0 Å². The molecule has 5 heteroatoms. The van der Waals surface area contributed by atoms with Gasteiger partial charge in [-0.15, -0.1) is 0 Å². The molecule has 4 nitrogen and oxygen atoms in total. The Kier molecular flexibility index (Phi) is 4.85. The summed E-state index contributed by atoms with van der Waals surface area (Å²) in [5.74, 6) is 0.738. The second-order valence-corrected chi connectivity index (χ2v) is 6.44. The van der Waals surface area contributed by atoms with E-state index in [1.54, 1.807) is 24.1 Å². The summed E-state index contributed by atoms with van der Waals surface area (Å²) in [4.78, 5) is 14.3. The van der Waals surface area contributed by atoms with Gasteiger partial charge in [-0.05, 0) is 30.5 Å². The molecular weight excluding hydrogens is 297 g/mol. The van der Waals surface area contributed by atoms with E-state index in [1.807, 2.05) is 12.1 Å². The van der Waals surface area contributed by atoms with Crippen LogP contribution in [-0.4, -0.2) is 44.2 Å². The molecule has 2 fully saturated rings. The average molecular weight is 321 g/mol. The third-order valence-electron chi connectivity index (χ3n) is 4.96. The van der Waals surface area contributed by atoms with Crippen LogP contribution < -0.4 is 4.74 Å². The van der Waals surface area contributed by atoms with Crippen molar-refractivity contribution in [1.82, 2.24) is 4.90 Å². The largest absolute Gasteiger partial charge is 0.497 e. The first-order valence-electron chi connectivity index (χ1n) is 8.32. The van der Waals surface area contributed by atoms with Crippen LogP contribution in [-0.2, 0) is 15.2 Å². The second-order valence-electron chi connectivity index (χ2n) is 6.44. The van der Waals surface area contributed by atoms with E-state index in [-0.39, 0.29) is 11.8 Å². The molecule has 1 aromatic carbocycles. The number of rotatable bonds is 3. The topological polar surface area (TPSA) is 38.8 Å². The lowest BCUT2D eigenvalue weighted by Crippen LogP contribution is -2.47. The van der Waals surface area contributed by atoms with Gasteiger partial charge in [0.2, 0.25) is 5.91 Å². The fourth-order valence-electron chi connectivity index (χ4n) is 3.47. The van der Waals surface area contributed by atoms with E-state index in [9.17, 15) is 4.79 Å². The average Bonchev–Trinajstić information content (AvgIpc) is 2.62. The van der Waals surface area contributed by atoms with Crippen LogP contribution in [0.2, 0.25) is 0 Å². The van der Waals surface area contributed by atoms with Crippen molar-refractivity contribution in [1.29, 1.82) is 0 Å². The smallest absolute Gasteiger partial charge is 0.228 e. The van der Waals surface area contributed by atoms with Gasteiger partial charge in [0.05, 0.1) is 19.6 Å². The number of halogens is 1. The van der Waals surface area contributed by atoms with Gasteiger partial charge in [-0.2, -0.15) is 0 Å². The van der Waals surface area contributed by atoms with Crippen molar-refractivity contribution in [2.24, 2.45) is 5.92 Å². The minimum absolute atomic E-state index is 0.0484. The highest BCUT2D eigenvalue weighted by Gasteiger charge is 2.39. The first-order valence-corrected chi connectivity index (χ1v) is 8.32. The monoisotopic (exact) mass is 321 g/mol. The number of hydrogen-bond acceptors (Lipinski definition) is 3. The molecule has 2 heterocycles. The Bertz CT molecular complexity index is 549. The number of hydrogen-bond donors (Lipinski definition) is 0. The Hall–Kier alpha value is -1.62. The summed E-state index contributed by atoms with van der Waals surface area (Å²) in [7, 11) is 1.58. The van der Waals surface area contributed by atoms with Gasteiger partial charge >= 0.3 is 0 Å². The Labute approximate surface area is 136 Å². The van der Waals surface area contributed by atoms with Crippen LogP contribution in [0.5, 0.6) is 5.75 Å². The van der Waals surface area contributed by atoms with Crippen LogP contribution in [0.3, 0.4) is 0 Å². The Morgan fingerprint density at radius 3 is 2.83 bits per heavy atom. The Morgan fingerprint density at radius 1 is 1.39 bits per heavy atom.